The van der Waals surface area contributed by atoms with Crippen LogP contribution in [0.25, 0.3) is 0 Å². The third-order valence-corrected chi connectivity index (χ3v) is 4.10. The van der Waals surface area contributed by atoms with Crippen LogP contribution in [-0.2, 0) is 6.54 Å². The molecule has 18 heavy (non-hydrogen) atoms. The molecule has 1 aromatic rings. The van der Waals surface area contributed by atoms with Crippen LogP contribution >= 0.6 is 35.0 Å². The Morgan fingerprint density at radius 3 is 2.61 bits per heavy atom. The zero-order chi connectivity index (χ0) is 12.6. The second kappa shape index (κ2) is 6.45. The topological polar surface area (TPSA) is 29.3 Å². The number of hydrogen-bond acceptors (Lipinski definition) is 2. The maximum atomic E-state index is 13.8. The zero-order valence-electron chi connectivity index (χ0n) is 10.00. The van der Waals surface area contributed by atoms with Gasteiger partial charge in [-0.15, -0.1) is 12.4 Å². The van der Waals surface area contributed by atoms with E-state index in [4.69, 9.17) is 5.73 Å². The zero-order valence-corrected chi connectivity index (χ0v) is 13.0. The van der Waals surface area contributed by atoms with Gasteiger partial charge in [-0.3, -0.25) is 4.90 Å². The largest absolute Gasteiger partial charge is 0.326 e. The van der Waals surface area contributed by atoms with Crippen molar-refractivity contribution in [3.8, 4) is 0 Å². The van der Waals surface area contributed by atoms with Gasteiger partial charge in [0.15, 0.2) is 0 Å². The second-order valence-electron chi connectivity index (χ2n) is 4.66. The molecule has 0 radical (unpaired) electrons. The number of halogens is 4. The first kappa shape index (κ1) is 16.1. The van der Waals surface area contributed by atoms with Crippen molar-refractivity contribution in [2.75, 3.05) is 13.1 Å². The van der Waals surface area contributed by atoms with Gasteiger partial charge in [-0.25, -0.2) is 8.78 Å². The number of rotatable bonds is 2. The summed E-state index contributed by atoms with van der Waals surface area (Å²) in [7, 11) is 0. The fraction of sp³-hybridized carbons (Fsp3) is 0.500. The first-order chi connectivity index (χ1) is 7.99. The van der Waals surface area contributed by atoms with Crippen molar-refractivity contribution in [3.63, 3.8) is 0 Å². The number of likely N-dealkylation sites (tertiary alicyclic amines) is 1. The van der Waals surface area contributed by atoms with Crippen LogP contribution in [0.3, 0.4) is 0 Å². The maximum Gasteiger partial charge on any atom is 0.143 e. The fourth-order valence-electron chi connectivity index (χ4n) is 2.16. The van der Waals surface area contributed by atoms with Gasteiger partial charge in [-0.05, 0) is 40.6 Å². The SMILES string of the molecule is CC1CN(Cc2c(F)ccc(I)c2F)CC1N.Cl. The molecule has 2 rings (SSSR count). The van der Waals surface area contributed by atoms with Gasteiger partial charge in [-0.1, -0.05) is 6.92 Å². The van der Waals surface area contributed by atoms with Gasteiger partial charge in [0.05, 0.1) is 0 Å². The number of hydrogen-bond donors (Lipinski definition) is 1. The predicted molar refractivity (Wildman–Crippen MR) is 78.7 cm³/mol. The molecule has 2 atom stereocenters. The molecule has 1 heterocycles. The Balaban J connectivity index is 0.00000162. The van der Waals surface area contributed by atoms with Crippen LogP contribution in [0.1, 0.15) is 12.5 Å². The van der Waals surface area contributed by atoms with Crippen molar-refractivity contribution in [2.45, 2.75) is 19.5 Å². The van der Waals surface area contributed by atoms with Gasteiger partial charge in [0.25, 0.3) is 0 Å². The molecule has 2 N–H and O–H groups in total. The molecule has 0 spiro atoms. The van der Waals surface area contributed by atoms with E-state index in [1.54, 1.807) is 0 Å². The number of nitrogens with zero attached hydrogens (tertiary/aromatic N) is 1. The molecule has 0 saturated carbocycles. The molecule has 2 unspecified atom stereocenters. The quantitative estimate of drug-likeness (QED) is 0.624. The van der Waals surface area contributed by atoms with E-state index in [-0.39, 0.29) is 24.0 Å². The lowest BCUT2D eigenvalue weighted by molar-refractivity contribution is 0.307. The Kier molecular flexibility index (Phi) is 5.76. The Morgan fingerprint density at radius 1 is 1.39 bits per heavy atom. The highest BCUT2D eigenvalue weighted by molar-refractivity contribution is 14.1. The van der Waals surface area contributed by atoms with E-state index >= 15 is 0 Å². The fourth-order valence-corrected chi connectivity index (χ4v) is 2.67. The van der Waals surface area contributed by atoms with Crippen molar-refractivity contribution < 1.29 is 8.78 Å². The van der Waals surface area contributed by atoms with E-state index in [1.807, 2.05) is 27.5 Å². The van der Waals surface area contributed by atoms with E-state index in [1.165, 1.54) is 12.1 Å². The number of nitrogens with two attached hydrogens (primary N) is 1. The molecular formula is C12H16ClF2IN2. The van der Waals surface area contributed by atoms with Gasteiger partial charge in [0.1, 0.15) is 11.6 Å². The minimum Gasteiger partial charge on any atom is -0.326 e. The van der Waals surface area contributed by atoms with Crippen molar-refractivity contribution >= 4 is 35.0 Å². The summed E-state index contributed by atoms with van der Waals surface area (Å²) < 4.78 is 27.8. The summed E-state index contributed by atoms with van der Waals surface area (Å²) in [6.45, 7) is 3.86. The van der Waals surface area contributed by atoms with Gasteiger partial charge in [-0.2, -0.15) is 0 Å². The lowest BCUT2D eigenvalue weighted by Crippen LogP contribution is -2.28. The Hall–Kier alpha value is 0.0200. The smallest absolute Gasteiger partial charge is 0.143 e. The molecular weight excluding hydrogens is 372 g/mol. The summed E-state index contributed by atoms with van der Waals surface area (Å²) in [4.78, 5) is 2.01. The molecule has 1 saturated heterocycles. The Bertz CT molecular complexity index is 421. The van der Waals surface area contributed by atoms with Gasteiger partial charge in [0.2, 0.25) is 0 Å². The lowest BCUT2D eigenvalue weighted by atomic mass is 10.1. The summed E-state index contributed by atoms with van der Waals surface area (Å²) in [5.74, 6) is -0.543. The molecule has 0 amide bonds. The standard InChI is InChI=1S/C12H15F2IN2.ClH/c1-7-4-17(6-11(7)16)5-8-9(13)2-3-10(15)12(8)14;/h2-3,7,11H,4-6,16H2,1H3;1H. The highest BCUT2D eigenvalue weighted by Gasteiger charge is 2.27. The van der Waals surface area contributed by atoms with E-state index in [2.05, 4.69) is 6.92 Å². The van der Waals surface area contributed by atoms with Crippen LogP contribution in [0.2, 0.25) is 0 Å². The van der Waals surface area contributed by atoms with Gasteiger partial charge in [0, 0.05) is 34.8 Å². The van der Waals surface area contributed by atoms with Gasteiger partial charge < -0.3 is 5.73 Å². The van der Waals surface area contributed by atoms with Crippen molar-refractivity contribution in [1.82, 2.24) is 4.90 Å². The lowest BCUT2D eigenvalue weighted by Gasteiger charge is -2.16. The highest BCUT2D eigenvalue weighted by atomic mass is 127. The molecule has 0 bridgehead atoms. The maximum absolute atomic E-state index is 13.8. The van der Waals surface area contributed by atoms with Crippen LogP contribution < -0.4 is 5.73 Å². The van der Waals surface area contributed by atoms with Crippen molar-refractivity contribution in [1.29, 1.82) is 0 Å². The third kappa shape index (κ3) is 3.31. The molecule has 102 valence electrons. The molecule has 1 aliphatic heterocycles. The van der Waals surface area contributed by atoms with E-state index in [0.717, 1.165) is 6.54 Å². The summed E-state index contributed by atoms with van der Waals surface area (Å²) in [5, 5.41) is 0. The van der Waals surface area contributed by atoms with Crippen LogP contribution in [-0.4, -0.2) is 24.0 Å². The second-order valence-corrected chi connectivity index (χ2v) is 5.82. The average Bonchev–Trinajstić information content (AvgIpc) is 2.59. The first-order valence-electron chi connectivity index (χ1n) is 5.59. The van der Waals surface area contributed by atoms with Crippen molar-refractivity contribution in [2.24, 2.45) is 11.7 Å². The van der Waals surface area contributed by atoms with E-state index in [0.29, 0.717) is 22.6 Å². The molecule has 0 aromatic heterocycles. The normalized spacial score (nSPS) is 24.1. The summed E-state index contributed by atoms with van der Waals surface area (Å²) in [6, 6.07) is 2.87. The molecule has 0 aliphatic carbocycles. The summed E-state index contributed by atoms with van der Waals surface area (Å²) >= 11 is 1.88. The molecule has 1 aromatic carbocycles. The summed E-state index contributed by atoms with van der Waals surface area (Å²) in [6.07, 6.45) is 0. The van der Waals surface area contributed by atoms with Crippen LogP contribution in [0, 0.1) is 21.1 Å². The minimum atomic E-state index is -0.476. The van der Waals surface area contributed by atoms with E-state index < -0.39 is 11.6 Å². The first-order valence-corrected chi connectivity index (χ1v) is 6.67. The third-order valence-electron chi connectivity index (χ3n) is 3.27. The Labute approximate surface area is 125 Å². The predicted octanol–water partition coefficient (Wildman–Crippen LogP) is 2.77. The van der Waals surface area contributed by atoms with Crippen LogP contribution in [0.4, 0.5) is 8.78 Å². The summed E-state index contributed by atoms with van der Waals surface area (Å²) in [5.41, 5.74) is 6.05. The van der Waals surface area contributed by atoms with Crippen molar-refractivity contribution in [3.05, 3.63) is 32.9 Å². The average molecular weight is 389 g/mol. The van der Waals surface area contributed by atoms with E-state index in [9.17, 15) is 8.78 Å². The monoisotopic (exact) mass is 388 g/mol. The highest BCUT2D eigenvalue weighted by Crippen LogP contribution is 2.23. The molecule has 2 nitrogen and oxygen atoms in total. The molecule has 1 aliphatic rings. The minimum absolute atomic E-state index is 0. The number of benzene rings is 1. The molecule has 6 heteroatoms. The van der Waals surface area contributed by atoms with Gasteiger partial charge >= 0.3 is 0 Å². The Morgan fingerprint density at radius 2 is 2.06 bits per heavy atom. The molecule has 1 fully saturated rings. The van der Waals surface area contributed by atoms with Crippen LogP contribution in [0.15, 0.2) is 12.1 Å². The van der Waals surface area contributed by atoms with Crippen LogP contribution in [0.5, 0.6) is 0 Å².